The fourth-order valence-corrected chi connectivity index (χ4v) is 3.51. The van der Waals surface area contributed by atoms with Gasteiger partial charge >= 0.3 is 0 Å². The number of nitriles is 1. The number of allylic oxidation sites excluding steroid dienone is 1. The van der Waals surface area contributed by atoms with Crippen LogP contribution in [0, 0.1) is 16.7 Å². The molecule has 3 rings (SSSR count). The lowest BCUT2D eigenvalue weighted by Gasteiger charge is -2.16. The summed E-state index contributed by atoms with van der Waals surface area (Å²) in [6.45, 7) is 0.145. The molecule has 8 nitrogen and oxygen atoms in total. The lowest BCUT2D eigenvalue weighted by atomic mass is 9.95. The third kappa shape index (κ3) is 3.64. The van der Waals surface area contributed by atoms with E-state index >= 15 is 0 Å². The summed E-state index contributed by atoms with van der Waals surface area (Å²) in [5.74, 6) is 0.405. The van der Waals surface area contributed by atoms with Crippen LogP contribution in [-0.2, 0) is 6.54 Å². The standard InChI is InChI=1S/C21H19ClN6O2/c1-26-20(14-7-19(30-2)17(22)6-12(14)8-23)16(9-24)11-3-4-13-15(5-11)18(10-25)27-28-21(13)29/h3-7,9,24,26H,10,25H2,1-2H3,(H,28,29)/b20-16+,24-9?. The summed E-state index contributed by atoms with van der Waals surface area (Å²) in [6.07, 6.45) is 1.18. The molecular formula is C21H19ClN6O2. The normalized spacial score (nSPS) is 11.6. The number of aromatic amines is 1. The number of nitrogens with zero attached hydrogens (tertiary/aromatic N) is 2. The number of nitrogens with two attached hydrogens (primary N) is 1. The number of halogens is 1. The summed E-state index contributed by atoms with van der Waals surface area (Å²) in [4.78, 5) is 12.1. The van der Waals surface area contributed by atoms with Gasteiger partial charge in [0.25, 0.3) is 5.56 Å². The van der Waals surface area contributed by atoms with Crippen LogP contribution >= 0.6 is 11.6 Å². The van der Waals surface area contributed by atoms with Crippen molar-refractivity contribution in [1.29, 1.82) is 10.7 Å². The van der Waals surface area contributed by atoms with Crippen molar-refractivity contribution in [3.05, 3.63) is 68.1 Å². The number of fused-ring (bicyclic) bond motifs is 1. The van der Waals surface area contributed by atoms with Gasteiger partial charge in [-0.05, 0) is 29.8 Å². The Balaban J connectivity index is 2.34. The molecule has 0 aliphatic rings. The maximum Gasteiger partial charge on any atom is 0.272 e. The van der Waals surface area contributed by atoms with Crippen molar-refractivity contribution < 1.29 is 4.74 Å². The molecule has 0 saturated heterocycles. The van der Waals surface area contributed by atoms with E-state index in [1.165, 1.54) is 19.4 Å². The Kier molecular flexibility index (Phi) is 6.16. The first kappa shape index (κ1) is 21.0. The number of rotatable bonds is 6. The highest BCUT2D eigenvalue weighted by Gasteiger charge is 2.17. The third-order valence-electron chi connectivity index (χ3n) is 4.72. The molecule has 0 amide bonds. The molecule has 0 atom stereocenters. The fourth-order valence-electron chi connectivity index (χ4n) is 3.27. The van der Waals surface area contributed by atoms with Gasteiger partial charge < -0.3 is 21.2 Å². The predicted molar refractivity (Wildman–Crippen MR) is 118 cm³/mol. The number of hydrogen-bond donors (Lipinski definition) is 4. The summed E-state index contributed by atoms with van der Waals surface area (Å²) in [7, 11) is 3.18. The zero-order valence-corrected chi connectivity index (χ0v) is 17.1. The molecule has 0 radical (unpaired) electrons. The number of H-pyrrole nitrogens is 1. The number of nitrogens with one attached hydrogen (secondary N) is 3. The van der Waals surface area contributed by atoms with Crippen LogP contribution in [0.3, 0.4) is 0 Å². The quantitative estimate of drug-likeness (QED) is 0.355. The van der Waals surface area contributed by atoms with Gasteiger partial charge in [0.2, 0.25) is 0 Å². The van der Waals surface area contributed by atoms with Crippen molar-refractivity contribution in [2.45, 2.75) is 6.54 Å². The monoisotopic (exact) mass is 422 g/mol. The second-order valence-corrected chi connectivity index (χ2v) is 6.70. The van der Waals surface area contributed by atoms with E-state index in [0.717, 1.165) is 0 Å². The molecule has 30 heavy (non-hydrogen) atoms. The van der Waals surface area contributed by atoms with Crippen LogP contribution in [0.15, 0.2) is 35.1 Å². The summed E-state index contributed by atoms with van der Waals surface area (Å²) in [5, 5.41) is 28.5. The first-order valence-electron chi connectivity index (χ1n) is 8.91. The van der Waals surface area contributed by atoms with Gasteiger partial charge in [-0.15, -0.1) is 0 Å². The second-order valence-electron chi connectivity index (χ2n) is 6.29. The Morgan fingerprint density at radius 3 is 2.77 bits per heavy atom. The first-order valence-corrected chi connectivity index (χ1v) is 9.29. The Bertz CT molecular complexity index is 1270. The zero-order chi connectivity index (χ0) is 21.8. The van der Waals surface area contributed by atoms with E-state index in [-0.39, 0.29) is 12.1 Å². The van der Waals surface area contributed by atoms with Gasteiger partial charge in [0.05, 0.1) is 40.5 Å². The topological polar surface area (TPSA) is 141 Å². The SMILES string of the molecule is CN/C(=C(\C=N)c1ccc2c(=O)[nH]nc(CN)c2c1)c1cc(OC)c(Cl)cc1C#N. The van der Waals surface area contributed by atoms with Crippen LogP contribution in [0.4, 0.5) is 0 Å². The highest BCUT2D eigenvalue weighted by molar-refractivity contribution is 6.32. The van der Waals surface area contributed by atoms with E-state index in [4.69, 9.17) is 27.5 Å². The molecule has 0 aliphatic heterocycles. The van der Waals surface area contributed by atoms with Crippen molar-refractivity contribution in [3.8, 4) is 11.8 Å². The minimum atomic E-state index is -0.322. The lowest BCUT2D eigenvalue weighted by molar-refractivity contribution is 0.415. The van der Waals surface area contributed by atoms with Crippen molar-refractivity contribution in [2.75, 3.05) is 14.2 Å². The van der Waals surface area contributed by atoms with E-state index in [0.29, 0.717) is 55.2 Å². The van der Waals surface area contributed by atoms with Gasteiger partial charge in [-0.25, -0.2) is 5.10 Å². The lowest BCUT2D eigenvalue weighted by Crippen LogP contribution is -2.14. The Morgan fingerprint density at radius 2 is 2.17 bits per heavy atom. The zero-order valence-electron chi connectivity index (χ0n) is 16.3. The molecule has 1 heterocycles. The van der Waals surface area contributed by atoms with E-state index in [9.17, 15) is 10.1 Å². The summed E-state index contributed by atoms with van der Waals surface area (Å²) < 4.78 is 5.29. The molecule has 0 bridgehead atoms. The Morgan fingerprint density at radius 1 is 1.40 bits per heavy atom. The highest BCUT2D eigenvalue weighted by Crippen LogP contribution is 2.33. The Labute approximate surface area is 177 Å². The molecule has 0 fully saturated rings. The van der Waals surface area contributed by atoms with Crippen LogP contribution < -0.4 is 21.3 Å². The van der Waals surface area contributed by atoms with Crippen molar-refractivity contribution in [3.63, 3.8) is 0 Å². The summed E-state index contributed by atoms with van der Waals surface area (Å²) in [5.41, 5.74) is 8.53. The van der Waals surface area contributed by atoms with Gasteiger partial charge in [0.15, 0.2) is 0 Å². The molecule has 0 aliphatic carbocycles. The van der Waals surface area contributed by atoms with Gasteiger partial charge in [0.1, 0.15) is 5.75 Å². The first-order chi connectivity index (χ1) is 14.5. The second kappa shape index (κ2) is 8.78. The molecule has 0 spiro atoms. The van der Waals surface area contributed by atoms with Gasteiger partial charge in [-0.1, -0.05) is 17.7 Å². The molecule has 0 saturated carbocycles. The van der Waals surface area contributed by atoms with E-state index in [1.807, 2.05) is 0 Å². The molecule has 5 N–H and O–H groups in total. The minimum absolute atomic E-state index is 0.145. The van der Waals surface area contributed by atoms with Gasteiger partial charge in [-0.3, -0.25) is 4.79 Å². The maximum atomic E-state index is 12.1. The van der Waals surface area contributed by atoms with Crippen molar-refractivity contribution in [1.82, 2.24) is 15.5 Å². The number of ether oxygens (including phenoxy) is 1. The van der Waals surface area contributed by atoms with E-state index in [2.05, 4.69) is 21.6 Å². The fraction of sp³-hybridized carbons (Fsp3) is 0.143. The smallest absolute Gasteiger partial charge is 0.272 e. The molecular weight excluding hydrogens is 404 g/mol. The Hall–Kier alpha value is -3.67. The molecule has 1 aromatic heterocycles. The van der Waals surface area contributed by atoms with Crippen LogP contribution in [0.2, 0.25) is 5.02 Å². The number of hydrogen-bond acceptors (Lipinski definition) is 7. The molecule has 9 heteroatoms. The average molecular weight is 423 g/mol. The minimum Gasteiger partial charge on any atom is -0.495 e. The predicted octanol–water partition coefficient (Wildman–Crippen LogP) is 2.65. The largest absolute Gasteiger partial charge is 0.495 e. The molecule has 3 aromatic rings. The van der Waals surface area contributed by atoms with Gasteiger partial charge in [0, 0.05) is 36.3 Å². The van der Waals surface area contributed by atoms with E-state index < -0.39 is 0 Å². The average Bonchev–Trinajstić information content (AvgIpc) is 2.77. The van der Waals surface area contributed by atoms with Crippen molar-refractivity contribution in [2.24, 2.45) is 5.73 Å². The maximum absolute atomic E-state index is 12.1. The molecule has 2 aromatic carbocycles. The van der Waals surface area contributed by atoms with Crippen LogP contribution in [0.25, 0.3) is 22.0 Å². The number of benzene rings is 2. The summed E-state index contributed by atoms with van der Waals surface area (Å²) >= 11 is 6.16. The van der Waals surface area contributed by atoms with Crippen molar-refractivity contribution >= 4 is 39.9 Å². The molecule has 152 valence electrons. The third-order valence-corrected chi connectivity index (χ3v) is 5.01. The highest BCUT2D eigenvalue weighted by atomic mass is 35.5. The number of aromatic nitrogens is 2. The van der Waals surface area contributed by atoms with Crippen LogP contribution in [0.5, 0.6) is 5.75 Å². The number of methoxy groups -OCH3 is 1. The summed E-state index contributed by atoms with van der Waals surface area (Å²) in [6, 6.07) is 10.4. The van der Waals surface area contributed by atoms with Crippen LogP contribution in [0.1, 0.15) is 22.4 Å². The molecule has 0 unspecified atom stereocenters. The van der Waals surface area contributed by atoms with E-state index in [1.54, 1.807) is 31.3 Å². The van der Waals surface area contributed by atoms with Crippen LogP contribution in [-0.4, -0.2) is 30.6 Å². The van der Waals surface area contributed by atoms with Gasteiger partial charge in [-0.2, -0.15) is 10.4 Å².